The van der Waals surface area contributed by atoms with E-state index in [0.29, 0.717) is 0 Å². The van der Waals surface area contributed by atoms with Crippen LogP contribution in [0, 0.1) is 11.8 Å². The van der Waals surface area contributed by atoms with Gasteiger partial charge in [-0.2, -0.15) is 0 Å². The van der Waals surface area contributed by atoms with E-state index in [1.165, 1.54) is 58.7 Å². The van der Waals surface area contributed by atoms with E-state index >= 15 is 0 Å². The van der Waals surface area contributed by atoms with E-state index in [1.807, 2.05) is 0 Å². The molecule has 0 aromatic carbocycles. The molecule has 0 aromatic heterocycles. The number of hydrogen-bond donors (Lipinski definition) is 1. The fourth-order valence-corrected chi connectivity index (χ4v) is 2.89. The minimum Gasteiger partial charge on any atom is -0.316 e. The van der Waals surface area contributed by atoms with Crippen molar-refractivity contribution in [2.45, 2.75) is 40.5 Å². The van der Waals surface area contributed by atoms with Crippen LogP contribution >= 0.6 is 0 Å². The van der Waals surface area contributed by atoms with E-state index in [-0.39, 0.29) is 0 Å². The predicted molar refractivity (Wildman–Crippen MR) is 84.7 cm³/mol. The van der Waals surface area contributed by atoms with Gasteiger partial charge in [0.2, 0.25) is 0 Å². The van der Waals surface area contributed by atoms with Crippen molar-refractivity contribution in [3.63, 3.8) is 0 Å². The van der Waals surface area contributed by atoms with E-state index in [0.717, 1.165) is 18.4 Å². The summed E-state index contributed by atoms with van der Waals surface area (Å²) >= 11 is 0. The van der Waals surface area contributed by atoms with Crippen LogP contribution in [-0.2, 0) is 0 Å². The van der Waals surface area contributed by atoms with E-state index < -0.39 is 0 Å². The molecule has 1 heterocycles. The first-order chi connectivity index (χ1) is 9.15. The van der Waals surface area contributed by atoms with Gasteiger partial charge < -0.3 is 15.1 Å². The topological polar surface area (TPSA) is 18.5 Å². The molecule has 1 N–H and O–H groups in total. The van der Waals surface area contributed by atoms with Crippen LogP contribution in [0.3, 0.4) is 0 Å². The van der Waals surface area contributed by atoms with Crippen LogP contribution in [-0.4, -0.2) is 62.2 Å². The lowest BCUT2D eigenvalue weighted by Crippen LogP contribution is -2.35. The Labute approximate surface area is 120 Å². The minimum absolute atomic E-state index is 0.768. The van der Waals surface area contributed by atoms with Gasteiger partial charge >= 0.3 is 0 Å². The van der Waals surface area contributed by atoms with E-state index in [4.69, 9.17) is 0 Å². The Morgan fingerprint density at radius 3 is 2.68 bits per heavy atom. The van der Waals surface area contributed by atoms with Crippen LogP contribution in [0.2, 0.25) is 0 Å². The van der Waals surface area contributed by atoms with Crippen LogP contribution < -0.4 is 5.32 Å². The molecule has 1 aliphatic rings. The molecule has 114 valence electrons. The standard InChI is InChI=1S/C16H35N3/c1-5-8-18(6-2)10-11-19-9-7-16(14-19)13-17-12-15(3)4/h15-17H,5-14H2,1-4H3. The summed E-state index contributed by atoms with van der Waals surface area (Å²) in [5.41, 5.74) is 0. The number of hydrogen-bond acceptors (Lipinski definition) is 3. The smallest absolute Gasteiger partial charge is 0.0109 e. The quantitative estimate of drug-likeness (QED) is 0.656. The fourth-order valence-electron chi connectivity index (χ4n) is 2.89. The molecule has 0 radical (unpaired) electrons. The molecule has 3 heteroatoms. The van der Waals surface area contributed by atoms with Crippen molar-refractivity contribution >= 4 is 0 Å². The summed E-state index contributed by atoms with van der Waals surface area (Å²) in [6, 6.07) is 0. The van der Waals surface area contributed by atoms with Crippen molar-refractivity contribution in [1.29, 1.82) is 0 Å². The molecule has 1 atom stereocenters. The Bertz CT molecular complexity index is 218. The third-order valence-electron chi connectivity index (χ3n) is 4.08. The van der Waals surface area contributed by atoms with Gasteiger partial charge in [0, 0.05) is 19.6 Å². The normalized spacial score (nSPS) is 20.8. The molecule has 1 rings (SSSR count). The van der Waals surface area contributed by atoms with Crippen molar-refractivity contribution < 1.29 is 0 Å². The van der Waals surface area contributed by atoms with Gasteiger partial charge in [0.15, 0.2) is 0 Å². The summed E-state index contributed by atoms with van der Waals surface area (Å²) in [7, 11) is 0. The van der Waals surface area contributed by atoms with Crippen molar-refractivity contribution in [3.8, 4) is 0 Å². The van der Waals surface area contributed by atoms with Gasteiger partial charge in [-0.3, -0.25) is 0 Å². The number of likely N-dealkylation sites (N-methyl/N-ethyl adjacent to an activating group) is 1. The molecule has 0 bridgehead atoms. The van der Waals surface area contributed by atoms with Gasteiger partial charge in [-0.15, -0.1) is 0 Å². The molecule has 0 aliphatic carbocycles. The van der Waals surface area contributed by atoms with Gasteiger partial charge in [0.25, 0.3) is 0 Å². The molecule has 0 spiro atoms. The van der Waals surface area contributed by atoms with Crippen molar-refractivity contribution in [1.82, 2.24) is 15.1 Å². The van der Waals surface area contributed by atoms with Gasteiger partial charge in [-0.25, -0.2) is 0 Å². The lowest BCUT2D eigenvalue weighted by Gasteiger charge is -2.23. The van der Waals surface area contributed by atoms with Gasteiger partial charge in [-0.1, -0.05) is 27.7 Å². The molecule has 0 amide bonds. The summed E-state index contributed by atoms with van der Waals surface area (Å²) in [5.74, 6) is 1.64. The van der Waals surface area contributed by atoms with Gasteiger partial charge in [0.1, 0.15) is 0 Å². The second kappa shape index (κ2) is 9.73. The Morgan fingerprint density at radius 2 is 2.05 bits per heavy atom. The highest BCUT2D eigenvalue weighted by Crippen LogP contribution is 2.15. The first-order valence-electron chi connectivity index (χ1n) is 8.31. The monoisotopic (exact) mass is 269 g/mol. The maximum absolute atomic E-state index is 3.61. The molecule has 1 aliphatic heterocycles. The average molecular weight is 269 g/mol. The number of nitrogens with one attached hydrogen (secondary N) is 1. The largest absolute Gasteiger partial charge is 0.316 e. The Balaban J connectivity index is 2.10. The minimum atomic E-state index is 0.768. The van der Waals surface area contributed by atoms with E-state index in [9.17, 15) is 0 Å². The summed E-state index contributed by atoms with van der Waals surface area (Å²) < 4.78 is 0. The molecule has 0 aromatic rings. The van der Waals surface area contributed by atoms with Crippen LogP contribution in [0.1, 0.15) is 40.5 Å². The third kappa shape index (κ3) is 7.28. The highest BCUT2D eigenvalue weighted by atomic mass is 15.2. The fraction of sp³-hybridized carbons (Fsp3) is 1.00. The number of likely N-dealkylation sites (tertiary alicyclic amines) is 1. The van der Waals surface area contributed by atoms with Crippen molar-refractivity contribution in [2.75, 3.05) is 52.4 Å². The van der Waals surface area contributed by atoms with Gasteiger partial charge in [-0.05, 0) is 57.4 Å². The summed E-state index contributed by atoms with van der Waals surface area (Å²) in [6.07, 6.45) is 2.65. The Kier molecular flexibility index (Phi) is 8.67. The van der Waals surface area contributed by atoms with E-state index in [2.05, 4.69) is 42.8 Å². The lowest BCUT2D eigenvalue weighted by atomic mass is 10.1. The van der Waals surface area contributed by atoms with E-state index in [1.54, 1.807) is 0 Å². The average Bonchev–Trinajstić information content (AvgIpc) is 2.82. The third-order valence-corrected chi connectivity index (χ3v) is 4.08. The highest BCUT2D eigenvalue weighted by molar-refractivity contribution is 4.78. The molecule has 1 unspecified atom stereocenters. The molecule has 0 saturated carbocycles. The summed E-state index contributed by atoms with van der Waals surface area (Å²) in [5, 5.41) is 3.61. The van der Waals surface area contributed by atoms with Crippen LogP contribution in [0.25, 0.3) is 0 Å². The predicted octanol–water partition coefficient (Wildman–Crippen LogP) is 2.29. The van der Waals surface area contributed by atoms with Crippen molar-refractivity contribution in [2.24, 2.45) is 11.8 Å². The molecule has 19 heavy (non-hydrogen) atoms. The SMILES string of the molecule is CCCN(CC)CCN1CCC(CNCC(C)C)C1. The van der Waals surface area contributed by atoms with Crippen molar-refractivity contribution in [3.05, 3.63) is 0 Å². The molecule has 1 saturated heterocycles. The maximum atomic E-state index is 3.61. The maximum Gasteiger partial charge on any atom is 0.0109 e. The summed E-state index contributed by atoms with van der Waals surface area (Å²) in [6.45, 7) is 19.0. The second-order valence-corrected chi connectivity index (χ2v) is 6.44. The Hall–Kier alpha value is -0.120. The number of nitrogens with zero attached hydrogens (tertiary/aromatic N) is 2. The lowest BCUT2D eigenvalue weighted by molar-refractivity contribution is 0.229. The second-order valence-electron chi connectivity index (χ2n) is 6.44. The zero-order valence-electron chi connectivity index (χ0n) is 13.6. The Morgan fingerprint density at radius 1 is 1.26 bits per heavy atom. The van der Waals surface area contributed by atoms with Crippen LogP contribution in [0.5, 0.6) is 0 Å². The van der Waals surface area contributed by atoms with Crippen LogP contribution in [0.4, 0.5) is 0 Å². The first-order valence-corrected chi connectivity index (χ1v) is 8.31. The molecular weight excluding hydrogens is 234 g/mol. The number of rotatable bonds is 10. The zero-order valence-corrected chi connectivity index (χ0v) is 13.6. The summed E-state index contributed by atoms with van der Waals surface area (Å²) in [4.78, 5) is 5.23. The highest BCUT2D eigenvalue weighted by Gasteiger charge is 2.21. The zero-order chi connectivity index (χ0) is 14.1. The van der Waals surface area contributed by atoms with Gasteiger partial charge in [0.05, 0.1) is 0 Å². The molecule has 3 nitrogen and oxygen atoms in total. The van der Waals surface area contributed by atoms with Crippen LogP contribution in [0.15, 0.2) is 0 Å². The first kappa shape index (κ1) is 16.9. The molecule has 1 fully saturated rings. The molecular formula is C16H35N3.